The van der Waals surface area contributed by atoms with Crippen molar-refractivity contribution < 1.29 is 14.3 Å². The lowest BCUT2D eigenvalue weighted by molar-refractivity contribution is 0.0692. The number of carbonyl (C=O) groups is 1. The fourth-order valence-corrected chi connectivity index (χ4v) is 1.99. The molecule has 0 saturated heterocycles. The molecule has 0 saturated carbocycles. The number of aromatic carboxylic acids is 1. The fraction of sp³-hybridized carbons (Fsp3) is 0.286. The number of benzene rings is 1. The van der Waals surface area contributed by atoms with Crippen LogP contribution in [0.15, 0.2) is 30.6 Å². The predicted molar refractivity (Wildman–Crippen MR) is 71.7 cm³/mol. The quantitative estimate of drug-likeness (QED) is 0.906. The van der Waals surface area contributed by atoms with E-state index in [9.17, 15) is 9.18 Å². The summed E-state index contributed by atoms with van der Waals surface area (Å²) in [5.74, 6) is -1.05. The van der Waals surface area contributed by atoms with Crippen molar-refractivity contribution in [1.82, 2.24) is 14.5 Å². The van der Waals surface area contributed by atoms with Gasteiger partial charge in [0.15, 0.2) is 0 Å². The van der Waals surface area contributed by atoms with E-state index >= 15 is 0 Å². The first-order chi connectivity index (χ1) is 9.47. The molecular formula is C14H16FN3O2. The molecule has 0 aliphatic carbocycles. The minimum atomic E-state index is -1.25. The van der Waals surface area contributed by atoms with E-state index in [1.54, 1.807) is 12.3 Å². The standard InChI is InChI=1S/C14H16FN3O2/c1-17(9-13-16-5-6-18(13)2)8-10-3-4-11(14(19)20)12(15)7-10/h3-7H,8-9H2,1-2H3,(H,19,20). The molecule has 1 aromatic heterocycles. The van der Waals surface area contributed by atoms with Crippen molar-refractivity contribution in [3.05, 3.63) is 53.4 Å². The van der Waals surface area contributed by atoms with E-state index in [2.05, 4.69) is 4.98 Å². The van der Waals surface area contributed by atoms with E-state index in [1.807, 2.05) is 29.8 Å². The van der Waals surface area contributed by atoms with Crippen LogP contribution >= 0.6 is 0 Å². The molecule has 20 heavy (non-hydrogen) atoms. The molecule has 1 heterocycles. The SMILES string of the molecule is CN(Cc1ccc(C(=O)O)c(F)c1)Cc1nccn1C. The Hall–Kier alpha value is -2.21. The average molecular weight is 277 g/mol. The third-order valence-corrected chi connectivity index (χ3v) is 3.05. The van der Waals surface area contributed by atoms with Gasteiger partial charge >= 0.3 is 5.97 Å². The minimum absolute atomic E-state index is 0.305. The molecule has 0 radical (unpaired) electrons. The Balaban J connectivity index is 2.05. The molecule has 106 valence electrons. The number of rotatable bonds is 5. The first kappa shape index (κ1) is 14.2. The number of aromatic nitrogens is 2. The van der Waals surface area contributed by atoms with E-state index < -0.39 is 11.8 Å². The zero-order chi connectivity index (χ0) is 14.7. The molecule has 6 heteroatoms. The molecule has 0 fully saturated rings. The Morgan fingerprint density at radius 3 is 2.75 bits per heavy atom. The van der Waals surface area contributed by atoms with Crippen molar-refractivity contribution in [2.24, 2.45) is 7.05 Å². The number of hydrogen-bond acceptors (Lipinski definition) is 3. The van der Waals surface area contributed by atoms with Crippen LogP contribution in [0.2, 0.25) is 0 Å². The Kier molecular flexibility index (Phi) is 4.14. The molecule has 0 aliphatic heterocycles. The van der Waals surface area contributed by atoms with Crippen LogP contribution in [0.3, 0.4) is 0 Å². The fourth-order valence-electron chi connectivity index (χ4n) is 1.99. The van der Waals surface area contributed by atoms with Crippen LogP contribution in [0, 0.1) is 5.82 Å². The number of aryl methyl sites for hydroxylation is 1. The van der Waals surface area contributed by atoms with Gasteiger partial charge < -0.3 is 9.67 Å². The molecule has 2 rings (SSSR count). The van der Waals surface area contributed by atoms with Crippen molar-refractivity contribution in [1.29, 1.82) is 0 Å². The maximum absolute atomic E-state index is 13.6. The third-order valence-electron chi connectivity index (χ3n) is 3.05. The van der Waals surface area contributed by atoms with Gasteiger partial charge in [0.05, 0.1) is 12.1 Å². The number of nitrogens with zero attached hydrogens (tertiary/aromatic N) is 3. The second-order valence-corrected chi connectivity index (χ2v) is 4.75. The Labute approximate surface area is 116 Å². The zero-order valence-electron chi connectivity index (χ0n) is 11.4. The van der Waals surface area contributed by atoms with Gasteiger partial charge in [-0.25, -0.2) is 14.2 Å². The Bertz CT molecular complexity index is 625. The molecular weight excluding hydrogens is 261 g/mol. The van der Waals surface area contributed by atoms with E-state index in [-0.39, 0.29) is 5.56 Å². The second-order valence-electron chi connectivity index (χ2n) is 4.75. The summed E-state index contributed by atoms with van der Waals surface area (Å²) in [6.07, 6.45) is 3.59. The van der Waals surface area contributed by atoms with Gasteiger partial charge in [-0.2, -0.15) is 0 Å². The van der Waals surface area contributed by atoms with Gasteiger partial charge in [-0.05, 0) is 24.7 Å². The normalized spacial score (nSPS) is 11.0. The molecule has 0 unspecified atom stereocenters. The first-order valence-electron chi connectivity index (χ1n) is 6.14. The summed E-state index contributed by atoms with van der Waals surface area (Å²) in [4.78, 5) is 16.9. The summed E-state index contributed by atoms with van der Waals surface area (Å²) in [5, 5.41) is 8.78. The largest absolute Gasteiger partial charge is 0.478 e. The lowest BCUT2D eigenvalue weighted by Gasteiger charge is -2.16. The number of halogens is 1. The molecule has 0 aliphatic rings. The molecule has 0 spiro atoms. The van der Waals surface area contributed by atoms with Crippen LogP contribution in [-0.4, -0.2) is 32.6 Å². The van der Waals surface area contributed by atoms with Gasteiger partial charge in [-0.1, -0.05) is 6.07 Å². The third kappa shape index (κ3) is 3.21. The van der Waals surface area contributed by atoms with E-state index in [1.165, 1.54) is 12.1 Å². The first-order valence-corrected chi connectivity index (χ1v) is 6.14. The van der Waals surface area contributed by atoms with Crippen LogP contribution in [0.1, 0.15) is 21.7 Å². The average Bonchev–Trinajstić information content (AvgIpc) is 2.74. The van der Waals surface area contributed by atoms with Crippen molar-refractivity contribution in [3.8, 4) is 0 Å². The molecule has 1 N–H and O–H groups in total. The van der Waals surface area contributed by atoms with E-state index in [0.717, 1.165) is 11.4 Å². The van der Waals surface area contributed by atoms with Crippen molar-refractivity contribution in [2.45, 2.75) is 13.1 Å². The van der Waals surface area contributed by atoms with Crippen LogP contribution < -0.4 is 0 Å². The van der Waals surface area contributed by atoms with Crippen LogP contribution in [-0.2, 0) is 20.1 Å². The molecule has 2 aromatic rings. The summed E-state index contributed by atoms with van der Waals surface area (Å²) in [5.41, 5.74) is 0.421. The van der Waals surface area contributed by atoms with E-state index in [0.29, 0.717) is 13.1 Å². The summed E-state index contributed by atoms with van der Waals surface area (Å²) < 4.78 is 15.5. The summed E-state index contributed by atoms with van der Waals surface area (Å²) in [6.45, 7) is 1.15. The molecule has 0 amide bonds. The monoisotopic (exact) mass is 277 g/mol. The highest BCUT2D eigenvalue weighted by Gasteiger charge is 2.11. The highest BCUT2D eigenvalue weighted by molar-refractivity contribution is 5.87. The maximum Gasteiger partial charge on any atom is 0.338 e. The summed E-state index contributed by atoms with van der Waals surface area (Å²) >= 11 is 0. The zero-order valence-corrected chi connectivity index (χ0v) is 11.4. The van der Waals surface area contributed by atoms with E-state index in [4.69, 9.17) is 5.11 Å². The summed E-state index contributed by atoms with van der Waals surface area (Å²) in [6, 6.07) is 4.18. The number of carboxylic acid groups (broad SMARTS) is 1. The number of imidazole rings is 1. The predicted octanol–water partition coefficient (Wildman–Crippen LogP) is 1.89. The molecule has 0 atom stereocenters. The Morgan fingerprint density at radius 1 is 1.45 bits per heavy atom. The van der Waals surface area contributed by atoms with Crippen LogP contribution in [0.5, 0.6) is 0 Å². The Morgan fingerprint density at radius 2 is 2.20 bits per heavy atom. The number of hydrogen-bond donors (Lipinski definition) is 1. The second kappa shape index (κ2) is 5.83. The van der Waals surface area contributed by atoms with Gasteiger partial charge in [0.25, 0.3) is 0 Å². The van der Waals surface area contributed by atoms with Crippen molar-refractivity contribution >= 4 is 5.97 Å². The summed E-state index contributed by atoms with van der Waals surface area (Å²) in [7, 11) is 3.81. The van der Waals surface area contributed by atoms with Crippen LogP contribution in [0.25, 0.3) is 0 Å². The minimum Gasteiger partial charge on any atom is -0.478 e. The van der Waals surface area contributed by atoms with Gasteiger partial charge in [0.1, 0.15) is 11.6 Å². The number of carboxylic acids is 1. The highest BCUT2D eigenvalue weighted by atomic mass is 19.1. The van der Waals surface area contributed by atoms with Gasteiger partial charge in [0.2, 0.25) is 0 Å². The highest BCUT2D eigenvalue weighted by Crippen LogP contribution is 2.13. The maximum atomic E-state index is 13.6. The van der Waals surface area contributed by atoms with Gasteiger partial charge in [0, 0.05) is 26.0 Å². The van der Waals surface area contributed by atoms with Gasteiger partial charge in [-0.15, -0.1) is 0 Å². The van der Waals surface area contributed by atoms with Gasteiger partial charge in [-0.3, -0.25) is 4.90 Å². The topological polar surface area (TPSA) is 58.4 Å². The molecule has 0 bridgehead atoms. The molecule has 1 aromatic carbocycles. The van der Waals surface area contributed by atoms with Crippen molar-refractivity contribution in [3.63, 3.8) is 0 Å². The van der Waals surface area contributed by atoms with Crippen LogP contribution in [0.4, 0.5) is 4.39 Å². The smallest absolute Gasteiger partial charge is 0.338 e. The van der Waals surface area contributed by atoms with Crippen molar-refractivity contribution in [2.75, 3.05) is 7.05 Å². The molecule has 5 nitrogen and oxygen atoms in total. The lowest BCUT2D eigenvalue weighted by Crippen LogP contribution is -2.19. The lowest BCUT2D eigenvalue weighted by atomic mass is 10.1.